The molecule has 0 heterocycles. The van der Waals surface area contributed by atoms with Crippen LogP contribution < -0.4 is 0 Å². The third-order valence-corrected chi connectivity index (χ3v) is 3.93. The van der Waals surface area contributed by atoms with Crippen LogP contribution in [0.3, 0.4) is 0 Å². The van der Waals surface area contributed by atoms with Crippen molar-refractivity contribution in [3.63, 3.8) is 0 Å². The number of hydrogen-bond donors (Lipinski definition) is 0. The summed E-state index contributed by atoms with van der Waals surface area (Å²) >= 11 is 0. The second-order valence-electron chi connectivity index (χ2n) is 6.77. The highest BCUT2D eigenvalue weighted by atomic mass is 16.1. The molecule has 2 unspecified atom stereocenters. The van der Waals surface area contributed by atoms with E-state index in [1.54, 1.807) is 0 Å². The third-order valence-electron chi connectivity index (χ3n) is 3.93. The van der Waals surface area contributed by atoms with Crippen molar-refractivity contribution < 1.29 is 4.79 Å². The van der Waals surface area contributed by atoms with Gasteiger partial charge in [-0.2, -0.15) is 0 Å². The van der Waals surface area contributed by atoms with E-state index in [0.717, 1.165) is 5.92 Å². The molecule has 0 spiro atoms. The van der Waals surface area contributed by atoms with Crippen LogP contribution in [0.4, 0.5) is 0 Å². The van der Waals surface area contributed by atoms with Gasteiger partial charge < -0.3 is 0 Å². The normalized spacial score (nSPS) is 23.8. The lowest BCUT2D eigenvalue weighted by Gasteiger charge is -2.16. The molecule has 0 aromatic carbocycles. The fraction of sp³-hybridized carbons (Fsp3) is 0.938. The van der Waals surface area contributed by atoms with Crippen molar-refractivity contribution in [2.45, 2.75) is 79.1 Å². The van der Waals surface area contributed by atoms with Gasteiger partial charge in [-0.25, -0.2) is 0 Å². The zero-order valence-corrected chi connectivity index (χ0v) is 12.2. The van der Waals surface area contributed by atoms with Crippen molar-refractivity contribution in [3.8, 4) is 0 Å². The van der Waals surface area contributed by atoms with E-state index in [2.05, 4.69) is 27.7 Å². The fourth-order valence-corrected chi connectivity index (χ4v) is 2.63. The first-order valence-corrected chi connectivity index (χ1v) is 7.51. The maximum atomic E-state index is 12.0. The van der Waals surface area contributed by atoms with Gasteiger partial charge in [0.15, 0.2) is 0 Å². The standard InChI is InChI=1S/C16H30O/c1-5-6-7-8-9-10-11-13-12-14(13)15(17)16(2,3)4/h13-14H,5-12H2,1-4H3. The molecule has 0 aromatic heterocycles. The molecule has 1 fully saturated rings. The molecule has 0 saturated heterocycles. The summed E-state index contributed by atoms with van der Waals surface area (Å²) < 4.78 is 0. The summed E-state index contributed by atoms with van der Waals surface area (Å²) in [4.78, 5) is 12.0. The summed E-state index contributed by atoms with van der Waals surface area (Å²) in [6.07, 6.45) is 10.7. The number of carbonyl (C=O) groups excluding carboxylic acids is 1. The Kier molecular flexibility index (Phi) is 5.69. The maximum absolute atomic E-state index is 12.0. The van der Waals surface area contributed by atoms with Crippen LogP contribution in [0.15, 0.2) is 0 Å². The molecule has 0 bridgehead atoms. The van der Waals surface area contributed by atoms with E-state index < -0.39 is 0 Å². The lowest BCUT2D eigenvalue weighted by molar-refractivity contribution is -0.127. The van der Waals surface area contributed by atoms with Gasteiger partial charge in [-0.1, -0.05) is 66.2 Å². The molecule has 1 aliphatic carbocycles. The number of ketones is 1. The fourth-order valence-electron chi connectivity index (χ4n) is 2.63. The van der Waals surface area contributed by atoms with Crippen LogP contribution in [0.1, 0.15) is 79.1 Å². The zero-order chi connectivity index (χ0) is 12.9. The van der Waals surface area contributed by atoms with Crippen LogP contribution >= 0.6 is 0 Å². The van der Waals surface area contributed by atoms with Crippen LogP contribution in [0.2, 0.25) is 0 Å². The summed E-state index contributed by atoms with van der Waals surface area (Å²) in [6.45, 7) is 8.41. The number of rotatable bonds is 8. The second-order valence-corrected chi connectivity index (χ2v) is 6.77. The molecule has 17 heavy (non-hydrogen) atoms. The van der Waals surface area contributed by atoms with Crippen molar-refractivity contribution >= 4 is 5.78 Å². The monoisotopic (exact) mass is 238 g/mol. The molecule has 1 rings (SSSR count). The SMILES string of the molecule is CCCCCCCCC1CC1C(=O)C(C)(C)C. The first kappa shape index (κ1) is 14.7. The molecular formula is C16H30O. The lowest BCUT2D eigenvalue weighted by Crippen LogP contribution is -2.22. The number of carbonyl (C=O) groups is 1. The van der Waals surface area contributed by atoms with E-state index in [9.17, 15) is 4.79 Å². The largest absolute Gasteiger partial charge is 0.299 e. The van der Waals surface area contributed by atoms with Gasteiger partial charge in [0, 0.05) is 11.3 Å². The number of unbranched alkanes of at least 4 members (excludes halogenated alkanes) is 5. The molecule has 2 atom stereocenters. The maximum Gasteiger partial charge on any atom is 0.141 e. The van der Waals surface area contributed by atoms with Crippen LogP contribution in [0, 0.1) is 17.3 Å². The van der Waals surface area contributed by atoms with Gasteiger partial charge in [0.1, 0.15) is 5.78 Å². The Labute approximate surface area is 107 Å². The topological polar surface area (TPSA) is 17.1 Å². The van der Waals surface area contributed by atoms with Crippen LogP contribution in [0.5, 0.6) is 0 Å². The minimum atomic E-state index is -0.124. The van der Waals surface area contributed by atoms with Crippen LogP contribution in [-0.4, -0.2) is 5.78 Å². The Balaban J connectivity index is 2.03. The zero-order valence-electron chi connectivity index (χ0n) is 12.2. The van der Waals surface area contributed by atoms with Crippen molar-refractivity contribution in [2.75, 3.05) is 0 Å². The highest BCUT2D eigenvalue weighted by molar-refractivity contribution is 5.88. The van der Waals surface area contributed by atoms with Crippen molar-refractivity contribution in [1.82, 2.24) is 0 Å². The van der Waals surface area contributed by atoms with Gasteiger partial charge in [-0.3, -0.25) is 4.79 Å². The van der Waals surface area contributed by atoms with Gasteiger partial charge in [0.25, 0.3) is 0 Å². The van der Waals surface area contributed by atoms with Crippen LogP contribution in [0.25, 0.3) is 0 Å². The molecule has 0 aliphatic heterocycles. The van der Waals surface area contributed by atoms with Crippen molar-refractivity contribution in [2.24, 2.45) is 17.3 Å². The highest BCUT2D eigenvalue weighted by Gasteiger charge is 2.45. The van der Waals surface area contributed by atoms with Crippen molar-refractivity contribution in [3.05, 3.63) is 0 Å². The summed E-state index contributed by atoms with van der Waals surface area (Å²) in [7, 11) is 0. The second kappa shape index (κ2) is 6.56. The smallest absolute Gasteiger partial charge is 0.141 e. The Morgan fingerprint density at radius 1 is 1.06 bits per heavy atom. The summed E-state index contributed by atoms with van der Waals surface area (Å²) in [5.74, 6) is 1.63. The minimum Gasteiger partial charge on any atom is -0.299 e. The molecule has 1 aliphatic rings. The van der Waals surface area contributed by atoms with E-state index >= 15 is 0 Å². The van der Waals surface area contributed by atoms with E-state index in [-0.39, 0.29) is 5.41 Å². The first-order chi connectivity index (χ1) is 7.96. The minimum absolute atomic E-state index is 0.124. The predicted octanol–water partition coefficient (Wildman–Crippen LogP) is 4.99. The Morgan fingerprint density at radius 3 is 2.24 bits per heavy atom. The number of hydrogen-bond acceptors (Lipinski definition) is 1. The third kappa shape index (κ3) is 5.23. The summed E-state index contributed by atoms with van der Waals surface area (Å²) in [6, 6.07) is 0. The van der Waals surface area contributed by atoms with E-state index in [4.69, 9.17) is 0 Å². The van der Waals surface area contributed by atoms with Crippen molar-refractivity contribution in [1.29, 1.82) is 0 Å². The molecule has 0 N–H and O–H groups in total. The molecule has 1 saturated carbocycles. The average molecular weight is 238 g/mol. The van der Waals surface area contributed by atoms with Gasteiger partial charge in [0.2, 0.25) is 0 Å². The van der Waals surface area contributed by atoms with E-state index in [1.807, 2.05) is 0 Å². The summed E-state index contributed by atoms with van der Waals surface area (Å²) in [5, 5.41) is 0. The molecule has 1 nitrogen and oxygen atoms in total. The Morgan fingerprint density at radius 2 is 1.65 bits per heavy atom. The first-order valence-electron chi connectivity index (χ1n) is 7.51. The molecule has 0 aromatic rings. The lowest BCUT2D eigenvalue weighted by atomic mass is 9.87. The van der Waals surface area contributed by atoms with Gasteiger partial charge in [-0.15, -0.1) is 0 Å². The summed E-state index contributed by atoms with van der Waals surface area (Å²) in [5.41, 5.74) is -0.124. The molecule has 100 valence electrons. The number of Topliss-reactive ketones (excluding diaryl/α,β-unsaturated/α-hetero) is 1. The average Bonchev–Trinajstić information content (AvgIpc) is 3.00. The Bertz CT molecular complexity index is 236. The van der Waals surface area contributed by atoms with Crippen LogP contribution in [-0.2, 0) is 4.79 Å². The quantitative estimate of drug-likeness (QED) is 0.544. The van der Waals surface area contributed by atoms with E-state index in [0.29, 0.717) is 11.7 Å². The molecule has 0 radical (unpaired) electrons. The molecule has 1 heteroatoms. The van der Waals surface area contributed by atoms with Gasteiger partial charge in [0.05, 0.1) is 0 Å². The van der Waals surface area contributed by atoms with Gasteiger partial charge in [-0.05, 0) is 18.8 Å². The van der Waals surface area contributed by atoms with E-state index in [1.165, 1.54) is 51.4 Å². The predicted molar refractivity (Wildman–Crippen MR) is 74.1 cm³/mol. The Hall–Kier alpha value is -0.330. The highest BCUT2D eigenvalue weighted by Crippen LogP contribution is 2.46. The molecular weight excluding hydrogens is 208 g/mol. The molecule has 0 amide bonds. The van der Waals surface area contributed by atoms with Gasteiger partial charge >= 0.3 is 0 Å².